The van der Waals surface area contributed by atoms with E-state index in [9.17, 15) is 38.6 Å². The molecule has 0 saturated carbocycles. The topological polar surface area (TPSA) is 172 Å². The van der Waals surface area contributed by atoms with Crippen molar-refractivity contribution < 1.29 is 43.2 Å². The van der Waals surface area contributed by atoms with Crippen molar-refractivity contribution in [1.82, 2.24) is 0 Å². The lowest BCUT2D eigenvalue weighted by Crippen LogP contribution is -2.34. The summed E-state index contributed by atoms with van der Waals surface area (Å²) in [4.78, 5) is 35.1. The van der Waals surface area contributed by atoms with Gasteiger partial charge in [-0.15, -0.1) is 0 Å². The lowest BCUT2D eigenvalue weighted by molar-refractivity contribution is -0.136. The fourth-order valence-electron chi connectivity index (χ4n) is 3.87. The fraction of sp³-hybridized carbons (Fsp3) is 0.0833. The number of anilines is 1. The Morgan fingerprint density at radius 2 is 1.58 bits per heavy atom. The van der Waals surface area contributed by atoms with Gasteiger partial charge in [-0.2, -0.15) is 5.26 Å². The van der Waals surface area contributed by atoms with Crippen LogP contribution in [0.15, 0.2) is 45.6 Å². The lowest BCUT2D eigenvalue weighted by atomic mass is 9.90. The number of phenolic OH excluding ortho intramolecular Hbond substituents is 2. The van der Waals surface area contributed by atoms with Crippen LogP contribution in [0.4, 0.5) is 14.5 Å². The molecule has 0 spiro atoms. The van der Waals surface area contributed by atoms with Crippen molar-refractivity contribution in [3.63, 3.8) is 0 Å². The summed E-state index contributed by atoms with van der Waals surface area (Å²) >= 11 is 0. The number of carboxylic acid groups (broad SMARTS) is 2. The number of phenols is 2. The van der Waals surface area contributed by atoms with Crippen LogP contribution in [0.1, 0.15) is 5.56 Å². The Kier molecular flexibility index (Phi) is 5.91. The number of aromatic hydroxyl groups is 2. The highest BCUT2D eigenvalue weighted by Crippen LogP contribution is 2.45. The standard InChI is InChI=1S/C24H14F2N2O8/c25-14-2-12-20(5-17(14)29)36-21-6-18(30)15(26)3-13(21)24(12)11-4-19(31)16(1-10(11)7-27)28(8-22(32)33)9-23(34)35/h1-6,29,31H,8-9H2,(H,32,33)(H,34,35). The minimum Gasteiger partial charge on any atom is -0.506 e. The molecule has 2 aromatic carbocycles. The largest absolute Gasteiger partial charge is 0.506 e. The zero-order valence-corrected chi connectivity index (χ0v) is 18.0. The molecule has 10 nitrogen and oxygen atoms in total. The van der Waals surface area contributed by atoms with Crippen molar-refractivity contribution in [1.29, 1.82) is 5.26 Å². The zero-order chi connectivity index (χ0) is 26.3. The predicted molar refractivity (Wildman–Crippen MR) is 120 cm³/mol. The maximum Gasteiger partial charge on any atom is 0.323 e. The summed E-state index contributed by atoms with van der Waals surface area (Å²) in [5.41, 5.74) is -1.85. The molecule has 182 valence electrons. The van der Waals surface area contributed by atoms with E-state index < -0.39 is 53.6 Å². The summed E-state index contributed by atoms with van der Waals surface area (Å²) in [7, 11) is 0. The number of fused-ring (bicyclic) bond motifs is 2. The van der Waals surface area contributed by atoms with Crippen LogP contribution in [0.3, 0.4) is 0 Å². The van der Waals surface area contributed by atoms with E-state index in [4.69, 9.17) is 14.6 Å². The minimum atomic E-state index is -1.40. The Balaban J connectivity index is 2.09. The highest BCUT2D eigenvalue weighted by Gasteiger charge is 2.25. The minimum absolute atomic E-state index is 0.0366. The number of halogens is 2. The zero-order valence-electron chi connectivity index (χ0n) is 18.0. The molecule has 0 aromatic heterocycles. The second kappa shape index (κ2) is 8.88. The van der Waals surface area contributed by atoms with Crippen molar-refractivity contribution in [3.8, 4) is 40.0 Å². The number of benzene rings is 3. The van der Waals surface area contributed by atoms with Gasteiger partial charge in [0, 0.05) is 34.2 Å². The smallest absolute Gasteiger partial charge is 0.323 e. The number of hydrogen-bond acceptors (Lipinski definition) is 8. The van der Waals surface area contributed by atoms with Gasteiger partial charge in [-0.3, -0.25) is 14.4 Å². The second-order valence-electron chi connectivity index (χ2n) is 7.70. The Labute approximate surface area is 199 Å². The third-order valence-electron chi connectivity index (χ3n) is 5.34. The van der Waals surface area contributed by atoms with Crippen LogP contribution in [0.5, 0.6) is 11.5 Å². The van der Waals surface area contributed by atoms with Gasteiger partial charge < -0.3 is 29.7 Å². The van der Waals surface area contributed by atoms with Crippen molar-refractivity contribution in [2.75, 3.05) is 18.0 Å². The molecular weight excluding hydrogens is 482 g/mol. The highest BCUT2D eigenvalue weighted by molar-refractivity contribution is 6.04. The van der Waals surface area contributed by atoms with Crippen LogP contribution in [-0.2, 0) is 9.59 Å². The summed E-state index contributed by atoms with van der Waals surface area (Å²) in [5, 5.41) is 48.6. The van der Waals surface area contributed by atoms with Gasteiger partial charge in [-0.05, 0) is 24.3 Å². The third kappa shape index (κ3) is 4.21. The van der Waals surface area contributed by atoms with Crippen LogP contribution in [-0.4, -0.2) is 45.5 Å². The summed E-state index contributed by atoms with van der Waals surface area (Å²) in [6.45, 7) is -1.63. The van der Waals surface area contributed by atoms with E-state index in [0.29, 0.717) is 0 Å². The van der Waals surface area contributed by atoms with Gasteiger partial charge in [-0.25, -0.2) is 8.78 Å². The first-order valence-corrected chi connectivity index (χ1v) is 10.0. The first-order chi connectivity index (χ1) is 17.0. The molecule has 0 radical (unpaired) electrons. The SMILES string of the molecule is N#Cc1cc(N(CC(=O)O)CC(=O)O)c(O)cc1-c1c2cc(F)c(=O)cc-2oc2cc(O)c(F)cc12. The van der Waals surface area contributed by atoms with Crippen molar-refractivity contribution in [2.45, 2.75) is 0 Å². The Bertz CT molecular complexity index is 1620. The van der Waals surface area contributed by atoms with E-state index >= 15 is 0 Å². The van der Waals surface area contributed by atoms with E-state index in [1.165, 1.54) is 0 Å². The predicted octanol–water partition coefficient (Wildman–Crippen LogP) is 3.10. The van der Waals surface area contributed by atoms with Crippen molar-refractivity contribution in [3.05, 3.63) is 63.8 Å². The van der Waals surface area contributed by atoms with Gasteiger partial charge in [0.25, 0.3) is 0 Å². The van der Waals surface area contributed by atoms with Gasteiger partial charge >= 0.3 is 11.9 Å². The maximum absolute atomic E-state index is 14.3. The number of hydrogen-bond donors (Lipinski definition) is 4. The number of carbonyl (C=O) groups is 2. The monoisotopic (exact) mass is 496 g/mol. The molecule has 4 rings (SSSR count). The molecule has 12 heteroatoms. The second-order valence-corrected chi connectivity index (χ2v) is 7.70. The Hall–Kier alpha value is -5.18. The average Bonchev–Trinajstić information content (AvgIpc) is 2.78. The van der Waals surface area contributed by atoms with Gasteiger partial charge in [0.15, 0.2) is 17.4 Å². The molecule has 1 aliphatic heterocycles. The molecule has 2 aromatic rings. The third-order valence-corrected chi connectivity index (χ3v) is 5.34. The summed E-state index contributed by atoms with van der Waals surface area (Å²) in [5.74, 6) is -6.64. The Morgan fingerprint density at radius 1 is 0.917 bits per heavy atom. The molecule has 1 aliphatic carbocycles. The van der Waals surface area contributed by atoms with E-state index in [-0.39, 0.29) is 44.7 Å². The molecular formula is C24H14F2N2O8. The quantitative estimate of drug-likeness (QED) is 0.291. The molecule has 2 aliphatic rings. The van der Waals surface area contributed by atoms with Crippen molar-refractivity contribution in [2.24, 2.45) is 0 Å². The molecule has 0 atom stereocenters. The number of nitriles is 1. The van der Waals surface area contributed by atoms with E-state index in [2.05, 4.69) is 0 Å². The summed E-state index contributed by atoms with van der Waals surface area (Å²) in [6.07, 6.45) is 0. The first-order valence-electron chi connectivity index (χ1n) is 10.0. The number of carboxylic acids is 2. The summed E-state index contributed by atoms with van der Waals surface area (Å²) in [6, 6.07) is 7.31. The molecule has 0 amide bonds. The van der Waals surface area contributed by atoms with Gasteiger partial charge in [0.1, 0.15) is 30.2 Å². The number of aliphatic carboxylic acids is 2. The highest BCUT2D eigenvalue weighted by atomic mass is 19.1. The van der Waals surface area contributed by atoms with Crippen molar-refractivity contribution >= 4 is 28.6 Å². The lowest BCUT2D eigenvalue weighted by Gasteiger charge is -2.23. The Morgan fingerprint density at radius 3 is 2.19 bits per heavy atom. The number of rotatable bonds is 6. The number of nitrogens with zero attached hydrogens (tertiary/aromatic N) is 2. The molecule has 0 saturated heterocycles. The van der Waals surface area contributed by atoms with Crippen LogP contribution < -0.4 is 10.3 Å². The molecule has 0 fully saturated rings. The van der Waals surface area contributed by atoms with E-state index in [0.717, 1.165) is 41.3 Å². The molecule has 4 N–H and O–H groups in total. The fourth-order valence-corrected chi connectivity index (χ4v) is 3.87. The van der Waals surface area contributed by atoms with Crippen LogP contribution in [0.2, 0.25) is 0 Å². The summed E-state index contributed by atoms with van der Waals surface area (Å²) < 4.78 is 34.1. The van der Waals surface area contributed by atoms with Crippen LogP contribution in [0, 0.1) is 23.0 Å². The maximum atomic E-state index is 14.3. The van der Waals surface area contributed by atoms with Gasteiger partial charge in [0.2, 0.25) is 5.43 Å². The van der Waals surface area contributed by atoms with Crippen LogP contribution >= 0.6 is 0 Å². The average molecular weight is 496 g/mol. The van der Waals surface area contributed by atoms with Crippen LogP contribution in [0.25, 0.3) is 33.4 Å². The van der Waals surface area contributed by atoms with Gasteiger partial charge in [-0.1, -0.05) is 0 Å². The molecule has 1 heterocycles. The van der Waals surface area contributed by atoms with E-state index in [1.807, 2.05) is 6.07 Å². The molecule has 0 bridgehead atoms. The van der Waals surface area contributed by atoms with Gasteiger partial charge in [0.05, 0.1) is 17.3 Å². The first kappa shape index (κ1) is 24.0. The normalized spacial score (nSPS) is 10.9. The molecule has 0 unspecified atom stereocenters. The van der Waals surface area contributed by atoms with E-state index in [1.54, 1.807) is 0 Å². The molecule has 36 heavy (non-hydrogen) atoms.